The number of nitrogens with one attached hydrogen (secondary N) is 3. The summed E-state index contributed by atoms with van der Waals surface area (Å²) in [7, 11) is 0. The van der Waals surface area contributed by atoms with Crippen molar-refractivity contribution in [2.75, 3.05) is 5.32 Å². The van der Waals surface area contributed by atoms with Gasteiger partial charge in [-0.05, 0) is 6.92 Å². The number of carbonyl (C=O) groups is 1. The first-order valence-electron chi connectivity index (χ1n) is 4.54. The van der Waals surface area contributed by atoms with Crippen molar-refractivity contribution < 1.29 is 4.79 Å². The molecule has 0 aromatic carbocycles. The van der Waals surface area contributed by atoms with Crippen LogP contribution >= 0.6 is 0 Å². The van der Waals surface area contributed by atoms with Crippen LogP contribution in [0.4, 0.5) is 5.95 Å². The topological polar surface area (TPSA) is 104 Å². The molecule has 2 rings (SSSR count). The monoisotopic (exact) mass is 219 g/mol. The molecule has 2 aromatic heterocycles. The molecule has 0 saturated heterocycles. The first kappa shape index (κ1) is 10.1. The molecule has 2 heterocycles. The van der Waals surface area contributed by atoms with E-state index >= 15 is 0 Å². The molecule has 0 aliphatic rings. The lowest BCUT2D eigenvalue weighted by molar-refractivity contribution is 0.101. The molecular formula is C9H9N5O2. The average Bonchev–Trinajstić information content (AvgIpc) is 2.68. The number of aryl methyl sites for hydroxylation is 1. The summed E-state index contributed by atoms with van der Waals surface area (Å²) in [4.78, 5) is 35.5. The van der Waals surface area contributed by atoms with Gasteiger partial charge in [-0.1, -0.05) is 0 Å². The van der Waals surface area contributed by atoms with E-state index in [1.54, 1.807) is 13.1 Å². The van der Waals surface area contributed by atoms with Gasteiger partial charge in [0.1, 0.15) is 0 Å². The van der Waals surface area contributed by atoms with E-state index in [1.807, 2.05) is 0 Å². The highest BCUT2D eigenvalue weighted by Gasteiger charge is 2.10. The number of aromatic amines is 2. The van der Waals surface area contributed by atoms with Crippen LogP contribution < -0.4 is 10.9 Å². The SMILES string of the molecule is Cc1cc(=O)[nH]c(C(=O)Nc2ncc[nH]2)n1. The second-order valence-corrected chi connectivity index (χ2v) is 3.13. The summed E-state index contributed by atoms with van der Waals surface area (Å²) in [6.07, 6.45) is 3.07. The zero-order chi connectivity index (χ0) is 11.5. The van der Waals surface area contributed by atoms with Gasteiger partial charge in [0.15, 0.2) is 5.82 Å². The van der Waals surface area contributed by atoms with Gasteiger partial charge in [-0.3, -0.25) is 14.9 Å². The van der Waals surface area contributed by atoms with Crippen molar-refractivity contribution in [3.63, 3.8) is 0 Å². The van der Waals surface area contributed by atoms with E-state index in [-0.39, 0.29) is 11.4 Å². The Balaban J connectivity index is 2.24. The molecule has 0 aliphatic carbocycles. The van der Waals surface area contributed by atoms with Gasteiger partial charge in [0, 0.05) is 24.2 Å². The van der Waals surface area contributed by atoms with Crippen LogP contribution in [-0.4, -0.2) is 25.8 Å². The van der Waals surface area contributed by atoms with Crippen molar-refractivity contribution in [1.82, 2.24) is 19.9 Å². The van der Waals surface area contributed by atoms with Gasteiger partial charge in [0.05, 0.1) is 0 Å². The predicted octanol–water partition coefficient (Wildman–Crippen LogP) is 0.0537. The summed E-state index contributed by atoms with van der Waals surface area (Å²) in [5.74, 6) is -0.258. The van der Waals surface area contributed by atoms with Crippen LogP contribution in [0.25, 0.3) is 0 Å². The average molecular weight is 219 g/mol. The van der Waals surface area contributed by atoms with E-state index in [0.29, 0.717) is 11.6 Å². The largest absolute Gasteiger partial charge is 0.331 e. The number of rotatable bonds is 2. The Hall–Kier alpha value is -2.44. The highest BCUT2D eigenvalue weighted by atomic mass is 16.2. The summed E-state index contributed by atoms with van der Waals surface area (Å²) in [5, 5.41) is 2.45. The Morgan fingerprint density at radius 3 is 2.94 bits per heavy atom. The molecule has 0 bridgehead atoms. The lowest BCUT2D eigenvalue weighted by Gasteiger charge is -2.01. The normalized spacial score (nSPS) is 10.1. The molecule has 0 fully saturated rings. The van der Waals surface area contributed by atoms with Gasteiger partial charge in [-0.2, -0.15) is 0 Å². The lowest BCUT2D eigenvalue weighted by atomic mass is 10.4. The van der Waals surface area contributed by atoms with Gasteiger partial charge in [-0.15, -0.1) is 0 Å². The van der Waals surface area contributed by atoms with Crippen LogP contribution in [0.1, 0.15) is 16.3 Å². The number of aromatic nitrogens is 4. The number of anilines is 1. The van der Waals surface area contributed by atoms with Crippen LogP contribution in [0.2, 0.25) is 0 Å². The number of H-pyrrole nitrogens is 2. The highest BCUT2D eigenvalue weighted by Crippen LogP contribution is 1.98. The van der Waals surface area contributed by atoms with Crippen molar-refractivity contribution in [2.24, 2.45) is 0 Å². The molecule has 1 amide bonds. The zero-order valence-corrected chi connectivity index (χ0v) is 8.44. The maximum absolute atomic E-state index is 11.6. The van der Waals surface area contributed by atoms with Crippen LogP contribution in [0.5, 0.6) is 0 Å². The number of nitrogens with zero attached hydrogens (tertiary/aromatic N) is 2. The first-order valence-corrected chi connectivity index (χ1v) is 4.54. The Bertz CT molecular complexity index is 558. The molecule has 7 nitrogen and oxygen atoms in total. The van der Waals surface area contributed by atoms with Crippen LogP contribution in [0.3, 0.4) is 0 Å². The first-order chi connectivity index (χ1) is 7.65. The standard InChI is InChI=1S/C9H9N5O2/c1-5-4-6(15)13-7(12-5)8(16)14-9-10-2-3-11-9/h2-4H,1H3,(H,12,13,15)(H2,10,11,14,16). The predicted molar refractivity (Wildman–Crippen MR) is 56.1 cm³/mol. The van der Waals surface area contributed by atoms with Crippen molar-refractivity contribution in [1.29, 1.82) is 0 Å². The molecule has 82 valence electrons. The number of carbonyl (C=O) groups excluding carboxylic acids is 1. The van der Waals surface area contributed by atoms with Crippen molar-refractivity contribution in [3.8, 4) is 0 Å². The van der Waals surface area contributed by atoms with E-state index in [0.717, 1.165) is 0 Å². The Labute approximate surface area is 90.0 Å². The minimum absolute atomic E-state index is 0.0404. The smallest absolute Gasteiger partial charge is 0.293 e. The van der Waals surface area contributed by atoms with Crippen LogP contribution in [0, 0.1) is 6.92 Å². The summed E-state index contributed by atoms with van der Waals surface area (Å²) in [6.45, 7) is 1.64. The maximum atomic E-state index is 11.6. The molecule has 0 unspecified atom stereocenters. The molecule has 16 heavy (non-hydrogen) atoms. The molecule has 0 aliphatic heterocycles. The second-order valence-electron chi connectivity index (χ2n) is 3.13. The van der Waals surface area contributed by atoms with Gasteiger partial charge in [-0.25, -0.2) is 9.97 Å². The quantitative estimate of drug-likeness (QED) is 0.664. The van der Waals surface area contributed by atoms with Gasteiger partial charge >= 0.3 is 0 Å². The van der Waals surface area contributed by atoms with E-state index in [2.05, 4.69) is 25.3 Å². The Kier molecular flexibility index (Phi) is 2.50. The van der Waals surface area contributed by atoms with Crippen LogP contribution in [-0.2, 0) is 0 Å². The molecule has 0 saturated carbocycles. The summed E-state index contributed by atoms with van der Waals surface area (Å²) < 4.78 is 0. The van der Waals surface area contributed by atoms with Gasteiger partial charge < -0.3 is 9.97 Å². The summed E-state index contributed by atoms with van der Waals surface area (Å²) in [5.41, 5.74) is 0.116. The van der Waals surface area contributed by atoms with Crippen molar-refractivity contribution in [2.45, 2.75) is 6.92 Å². The van der Waals surface area contributed by atoms with Gasteiger partial charge in [0.2, 0.25) is 5.95 Å². The maximum Gasteiger partial charge on any atom is 0.293 e. The van der Waals surface area contributed by atoms with Gasteiger partial charge in [0.25, 0.3) is 11.5 Å². The fourth-order valence-electron chi connectivity index (χ4n) is 1.19. The lowest BCUT2D eigenvalue weighted by Crippen LogP contribution is -2.21. The van der Waals surface area contributed by atoms with Crippen molar-refractivity contribution in [3.05, 3.63) is 40.3 Å². The highest BCUT2D eigenvalue weighted by molar-refractivity contribution is 6.00. The molecule has 0 radical (unpaired) electrons. The fourth-order valence-corrected chi connectivity index (χ4v) is 1.19. The minimum Gasteiger partial charge on any atom is -0.331 e. The zero-order valence-electron chi connectivity index (χ0n) is 8.44. The second kappa shape index (κ2) is 3.97. The molecule has 7 heteroatoms. The minimum atomic E-state index is -0.518. The fraction of sp³-hybridized carbons (Fsp3) is 0.111. The molecule has 2 aromatic rings. The summed E-state index contributed by atoms with van der Waals surface area (Å²) in [6, 6.07) is 1.31. The number of hydrogen-bond acceptors (Lipinski definition) is 4. The molecule has 0 spiro atoms. The number of hydrogen-bond donors (Lipinski definition) is 3. The number of imidazole rings is 1. The third-order valence-corrected chi connectivity index (χ3v) is 1.81. The molecule has 3 N–H and O–H groups in total. The van der Waals surface area contributed by atoms with E-state index in [4.69, 9.17) is 0 Å². The Morgan fingerprint density at radius 2 is 2.31 bits per heavy atom. The third kappa shape index (κ3) is 2.14. The summed E-state index contributed by atoms with van der Waals surface area (Å²) >= 11 is 0. The third-order valence-electron chi connectivity index (χ3n) is 1.81. The van der Waals surface area contributed by atoms with Crippen LogP contribution in [0.15, 0.2) is 23.3 Å². The van der Waals surface area contributed by atoms with E-state index in [9.17, 15) is 9.59 Å². The van der Waals surface area contributed by atoms with E-state index in [1.165, 1.54) is 12.3 Å². The Morgan fingerprint density at radius 1 is 1.50 bits per heavy atom. The number of amides is 1. The molecule has 0 atom stereocenters. The van der Waals surface area contributed by atoms with E-state index < -0.39 is 5.91 Å². The van der Waals surface area contributed by atoms with Crippen molar-refractivity contribution >= 4 is 11.9 Å². The molecular weight excluding hydrogens is 210 g/mol.